The Kier molecular flexibility index (Phi) is 5.73. The Morgan fingerprint density at radius 3 is 2.32 bits per heavy atom. The maximum Gasteiger partial charge on any atom is 0.277 e. The number of aromatic amines is 1. The van der Waals surface area contributed by atoms with E-state index in [0.29, 0.717) is 12.8 Å². The number of aromatic nitrogens is 2. The topological polar surface area (TPSA) is 74.8 Å². The minimum Gasteiger partial charge on any atom is -0.349 e. The molecule has 0 aliphatic carbocycles. The van der Waals surface area contributed by atoms with E-state index < -0.39 is 5.56 Å². The molecule has 1 amide bonds. The van der Waals surface area contributed by atoms with E-state index in [4.69, 9.17) is 0 Å². The smallest absolute Gasteiger partial charge is 0.277 e. The van der Waals surface area contributed by atoms with Crippen LogP contribution in [0.3, 0.4) is 0 Å². The maximum absolute atomic E-state index is 12.3. The average Bonchev–Trinajstić information content (AvgIpc) is 2.43. The fourth-order valence-corrected chi connectivity index (χ4v) is 2.19. The highest BCUT2D eigenvalue weighted by Crippen LogP contribution is 2.11. The van der Waals surface area contributed by atoms with Gasteiger partial charge in [-0.05, 0) is 31.2 Å². The number of carbonyl (C=O) groups is 1. The average molecular weight is 265 g/mol. The second-order valence-electron chi connectivity index (χ2n) is 4.55. The van der Waals surface area contributed by atoms with Crippen molar-refractivity contribution in [3.05, 3.63) is 27.2 Å². The number of hydrogen-bond donors (Lipinski definition) is 2. The highest BCUT2D eigenvalue weighted by Gasteiger charge is 2.20. The van der Waals surface area contributed by atoms with E-state index in [2.05, 4.69) is 15.5 Å². The summed E-state index contributed by atoms with van der Waals surface area (Å²) in [6.07, 6.45) is 3.04. The zero-order chi connectivity index (χ0) is 14.4. The van der Waals surface area contributed by atoms with Crippen LogP contribution in [0, 0.1) is 0 Å². The van der Waals surface area contributed by atoms with Crippen molar-refractivity contribution in [1.82, 2.24) is 15.5 Å². The van der Waals surface area contributed by atoms with Crippen LogP contribution < -0.4 is 10.9 Å². The first-order valence-corrected chi connectivity index (χ1v) is 7.00. The molecule has 0 fully saturated rings. The molecule has 0 aromatic carbocycles. The van der Waals surface area contributed by atoms with Crippen LogP contribution >= 0.6 is 0 Å². The maximum atomic E-state index is 12.3. The SMILES string of the molecule is CCc1n[nH]c(=O)c(C(=O)NC(CC)CC)c1CC. The molecule has 1 aromatic heterocycles. The Hall–Kier alpha value is -1.65. The summed E-state index contributed by atoms with van der Waals surface area (Å²) >= 11 is 0. The van der Waals surface area contributed by atoms with E-state index >= 15 is 0 Å². The summed E-state index contributed by atoms with van der Waals surface area (Å²) in [7, 11) is 0. The van der Waals surface area contributed by atoms with Gasteiger partial charge in [0.1, 0.15) is 5.56 Å². The van der Waals surface area contributed by atoms with Crippen LogP contribution in [-0.2, 0) is 12.8 Å². The predicted octanol–water partition coefficient (Wildman–Crippen LogP) is 1.81. The summed E-state index contributed by atoms with van der Waals surface area (Å²) in [5, 5.41) is 9.34. The van der Waals surface area contributed by atoms with E-state index in [-0.39, 0.29) is 17.5 Å². The molecule has 0 spiro atoms. The minimum atomic E-state index is -0.405. The number of H-pyrrole nitrogens is 1. The van der Waals surface area contributed by atoms with Gasteiger partial charge >= 0.3 is 0 Å². The molecule has 0 atom stereocenters. The summed E-state index contributed by atoms with van der Waals surface area (Å²) in [6, 6.07) is 0.106. The lowest BCUT2D eigenvalue weighted by atomic mass is 10.0. The van der Waals surface area contributed by atoms with Crippen molar-refractivity contribution in [2.24, 2.45) is 0 Å². The Balaban J connectivity index is 3.18. The van der Waals surface area contributed by atoms with Gasteiger partial charge in [0.15, 0.2) is 0 Å². The van der Waals surface area contributed by atoms with Crippen molar-refractivity contribution < 1.29 is 4.79 Å². The van der Waals surface area contributed by atoms with Gasteiger partial charge in [0.2, 0.25) is 0 Å². The monoisotopic (exact) mass is 265 g/mol. The van der Waals surface area contributed by atoms with E-state index in [9.17, 15) is 9.59 Å². The van der Waals surface area contributed by atoms with Crippen LogP contribution in [0.1, 0.15) is 62.2 Å². The van der Waals surface area contributed by atoms with Gasteiger partial charge in [-0.1, -0.05) is 27.7 Å². The molecular formula is C14H23N3O2. The lowest BCUT2D eigenvalue weighted by Gasteiger charge is -2.16. The number of hydrogen-bond acceptors (Lipinski definition) is 3. The van der Waals surface area contributed by atoms with Crippen LogP contribution in [0.15, 0.2) is 4.79 Å². The van der Waals surface area contributed by atoms with Gasteiger partial charge in [-0.2, -0.15) is 5.10 Å². The normalized spacial score (nSPS) is 10.8. The highest BCUT2D eigenvalue weighted by molar-refractivity contribution is 5.95. The van der Waals surface area contributed by atoms with Gasteiger partial charge in [0.05, 0.1) is 5.69 Å². The van der Waals surface area contributed by atoms with E-state index in [1.54, 1.807) is 0 Å². The molecule has 0 aliphatic heterocycles. The molecule has 0 saturated heterocycles. The number of carbonyl (C=O) groups excluding carboxylic acids is 1. The largest absolute Gasteiger partial charge is 0.349 e. The second-order valence-corrected chi connectivity index (χ2v) is 4.55. The van der Waals surface area contributed by atoms with Crippen molar-refractivity contribution in [3.8, 4) is 0 Å². The fraction of sp³-hybridized carbons (Fsp3) is 0.643. The quantitative estimate of drug-likeness (QED) is 0.823. The molecule has 5 heteroatoms. The number of nitrogens with zero attached hydrogens (tertiary/aromatic N) is 1. The third-order valence-electron chi connectivity index (χ3n) is 3.41. The lowest BCUT2D eigenvalue weighted by molar-refractivity contribution is 0.0932. The molecule has 106 valence electrons. The molecule has 1 rings (SSSR count). The van der Waals surface area contributed by atoms with Gasteiger partial charge in [-0.3, -0.25) is 9.59 Å². The molecule has 1 heterocycles. The summed E-state index contributed by atoms with van der Waals surface area (Å²) in [5.41, 5.74) is 1.37. The lowest BCUT2D eigenvalue weighted by Crippen LogP contribution is -2.38. The molecule has 0 bridgehead atoms. The molecule has 2 N–H and O–H groups in total. The molecule has 19 heavy (non-hydrogen) atoms. The highest BCUT2D eigenvalue weighted by atomic mass is 16.2. The summed E-state index contributed by atoms with van der Waals surface area (Å²) in [4.78, 5) is 24.2. The van der Waals surface area contributed by atoms with Gasteiger partial charge in [0, 0.05) is 6.04 Å². The molecule has 0 radical (unpaired) electrons. The van der Waals surface area contributed by atoms with Crippen LogP contribution in [-0.4, -0.2) is 22.1 Å². The number of amides is 1. The first-order valence-electron chi connectivity index (χ1n) is 7.00. The molecule has 5 nitrogen and oxygen atoms in total. The molecule has 1 aromatic rings. The predicted molar refractivity (Wildman–Crippen MR) is 75.4 cm³/mol. The third-order valence-corrected chi connectivity index (χ3v) is 3.41. The molecule has 0 aliphatic rings. The van der Waals surface area contributed by atoms with Gasteiger partial charge in [0.25, 0.3) is 11.5 Å². The number of rotatable bonds is 6. The summed E-state index contributed by atoms with van der Waals surface area (Å²) < 4.78 is 0. The van der Waals surface area contributed by atoms with E-state index in [0.717, 1.165) is 24.1 Å². The van der Waals surface area contributed by atoms with Crippen molar-refractivity contribution >= 4 is 5.91 Å². The Morgan fingerprint density at radius 1 is 1.21 bits per heavy atom. The molecular weight excluding hydrogens is 242 g/mol. The Morgan fingerprint density at radius 2 is 1.84 bits per heavy atom. The number of aryl methyl sites for hydroxylation is 1. The van der Waals surface area contributed by atoms with Crippen LogP contribution in [0.5, 0.6) is 0 Å². The van der Waals surface area contributed by atoms with Crippen LogP contribution in [0.2, 0.25) is 0 Å². The van der Waals surface area contributed by atoms with Gasteiger partial charge < -0.3 is 5.32 Å². The van der Waals surface area contributed by atoms with E-state index in [1.807, 2.05) is 27.7 Å². The molecule has 0 unspecified atom stereocenters. The van der Waals surface area contributed by atoms with Crippen LogP contribution in [0.4, 0.5) is 0 Å². The minimum absolute atomic E-state index is 0.106. The zero-order valence-electron chi connectivity index (χ0n) is 12.2. The fourth-order valence-electron chi connectivity index (χ4n) is 2.19. The van der Waals surface area contributed by atoms with Crippen molar-refractivity contribution in [2.75, 3.05) is 0 Å². The third kappa shape index (κ3) is 3.43. The van der Waals surface area contributed by atoms with Crippen molar-refractivity contribution in [3.63, 3.8) is 0 Å². The van der Waals surface area contributed by atoms with Gasteiger partial charge in [-0.15, -0.1) is 0 Å². The second kappa shape index (κ2) is 7.07. The standard InChI is InChI=1S/C14H23N3O2/c1-5-9(6-2)15-13(18)12-10(7-3)11(8-4)16-17-14(12)19/h9H,5-8H2,1-4H3,(H,15,18)(H,17,19). The first-order chi connectivity index (χ1) is 9.08. The van der Waals surface area contributed by atoms with Crippen molar-refractivity contribution in [1.29, 1.82) is 0 Å². The number of nitrogens with one attached hydrogen (secondary N) is 2. The first kappa shape index (κ1) is 15.4. The summed E-state index contributed by atoms with van der Waals surface area (Å²) in [5.74, 6) is -0.288. The summed E-state index contributed by atoms with van der Waals surface area (Å²) in [6.45, 7) is 7.93. The zero-order valence-corrected chi connectivity index (χ0v) is 12.2. The molecule has 0 saturated carbocycles. The Labute approximate surface area is 113 Å². The van der Waals surface area contributed by atoms with E-state index in [1.165, 1.54) is 0 Å². The Bertz CT molecular complexity index is 490. The van der Waals surface area contributed by atoms with Crippen LogP contribution in [0.25, 0.3) is 0 Å². The van der Waals surface area contributed by atoms with Gasteiger partial charge in [-0.25, -0.2) is 5.10 Å². The van der Waals surface area contributed by atoms with Crippen molar-refractivity contribution in [2.45, 2.75) is 59.4 Å².